The number of benzene rings is 1. The highest BCUT2D eigenvalue weighted by molar-refractivity contribution is 7.89. The normalized spacial score (nSPS) is 17.4. The number of anilines is 1. The zero-order valence-electron chi connectivity index (χ0n) is 19.5. The van der Waals surface area contributed by atoms with E-state index in [-0.39, 0.29) is 10.8 Å². The summed E-state index contributed by atoms with van der Waals surface area (Å²) in [7, 11) is -3.50. The molecule has 0 atom stereocenters. The van der Waals surface area contributed by atoms with Crippen LogP contribution >= 0.6 is 0 Å². The Labute approximate surface area is 205 Å². The minimum atomic E-state index is -3.50. The maximum atomic E-state index is 13.0. The van der Waals surface area contributed by atoms with Crippen LogP contribution < -0.4 is 4.90 Å². The van der Waals surface area contributed by atoms with Crippen LogP contribution in [0.25, 0.3) is 11.3 Å². The van der Waals surface area contributed by atoms with Gasteiger partial charge in [0, 0.05) is 62.8 Å². The van der Waals surface area contributed by atoms with Crippen LogP contribution in [-0.4, -0.2) is 78.0 Å². The third kappa shape index (κ3) is 5.03. The summed E-state index contributed by atoms with van der Waals surface area (Å²) < 4.78 is 27.2. The number of nitrogens with zero attached hydrogens (tertiary/aromatic N) is 6. The van der Waals surface area contributed by atoms with E-state index in [0.29, 0.717) is 44.8 Å². The second-order valence-electron chi connectivity index (χ2n) is 8.78. The number of sulfonamides is 1. The van der Waals surface area contributed by atoms with Crippen molar-refractivity contribution < 1.29 is 13.2 Å². The van der Waals surface area contributed by atoms with Gasteiger partial charge in [-0.05, 0) is 61.4 Å². The molecule has 4 heterocycles. The van der Waals surface area contributed by atoms with Crippen LogP contribution in [0.4, 0.5) is 5.82 Å². The molecule has 182 valence electrons. The molecular formula is C25H28N6O3S. The van der Waals surface area contributed by atoms with Gasteiger partial charge in [0.25, 0.3) is 5.91 Å². The number of aromatic nitrogens is 3. The fourth-order valence-corrected chi connectivity index (χ4v) is 6.03. The molecule has 0 spiro atoms. The molecule has 1 amide bonds. The second kappa shape index (κ2) is 10.1. The summed E-state index contributed by atoms with van der Waals surface area (Å²) in [5.74, 6) is 0.688. The number of pyridine rings is 1. The number of hydrogen-bond donors (Lipinski definition) is 0. The Bertz CT molecular complexity index is 1250. The molecule has 35 heavy (non-hydrogen) atoms. The number of amides is 1. The highest BCUT2D eigenvalue weighted by Crippen LogP contribution is 2.22. The molecule has 2 saturated heterocycles. The molecule has 2 aliphatic rings. The quantitative estimate of drug-likeness (QED) is 0.540. The Hall–Kier alpha value is -3.37. The molecular weight excluding hydrogens is 464 g/mol. The first kappa shape index (κ1) is 23.4. The van der Waals surface area contributed by atoms with E-state index in [4.69, 9.17) is 0 Å². The van der Waals surface area contributed by atoms with Gasteiger partial charge in [-0.1, -0.05) is 6.42 Å². The average molecular weight is 493 g/mol. The molecule has 1 aromatic carbocycles. The van der Waals surface area contributed by atoms with Gasteiger partial charge >= 0.3 is 0 Å². The smallest absolute Gasteiger partial charge is 0.253 e. The lowest BCUT2D eigenvalue weighted by Crippen LogP contribution is -2.49. The van der Waals surface area contributed by atoms with Gasteiger partial charge in [0.2, 0.25) is 10.0 Å². The van der Waals surface area contributed by atoms with Crippen molar-refractivity contribution in [2.24, 2.45) is 0 Å². The van der Waals surface area contributed by atoms with Gasteiger partial charge in [0.05, 0.1) is 10.6 Å². The first-order valence-corrected chi connectivity index (χ1v) is 13.3. The number of piperidine rings is 1. The lowest BCUT2D eigenvalue weighted by molar-refractivity contribution is 0.0746. The fourth-order valence-electron chi connectivity index (χ4n) is 4.52. The molecule has 2 aliphatic heterocycles. The number of rotatable bonds is 5. The van der Waals surface area contributed by atoms with Gasteiger partial charge < -0.3 is 9.80 Å². The first-order chi connectivity index (χ1) is 17.0. The van der Waals surface area contributed by atoms with E-state index in [9.17, 15) is 13.2 Å². The standard InChI is InChI=1S/C25H28N6O3S/c32-25(21-4-6-22(7-5-21)35(33,34)31-14-2-1-3-15-31)30-18-16-29(17-19-30)24-9-8-23(27-28-24)20-10-12-26-13-11-20/h4-13H,1-3,14-19H2. The Kier molecular flexibility index (Phi) is 6.74. The van der Waals surface area contributed by atoms with Crippen LogP contribution in [0.2, 0.25) is 0 Å². The summed E-state index contributed by atoms with van der Waals surface area (Å²) in [6.07, 6.45) is 6.30. The van der Waals surface area contributed by atoms with E-state index >= 15 is 0 Å². The van der Waals surface area contributed by atoms with Crippen LogP contribution in [-0.2, 0) is 10.0 Å². The summed E-state index contributed by atoms with van der Waals surface area (Å²) in [6.45, 7) is 3.53. The third-order valence-electron chi connectivity index (χ3n) is 6.57. The van der Waals surface area contributed by atoms with Crippen molar-refractivity contribution >= 4 is 21.7 Å². The highest BCUT2D eigenvalue weighted by Gasteiger charge is 2.27. The van der Waals surface area contributed by atoms with Gasteiger partial charge in [0.15, 0.2) is 5.82 Å². The van der Waals surface area contributed by atoms with Crippen LogP contribution in [0.3, 0.4) is 0 Å². The Morgan fingerprint density at radius 2 is 1.43 bits per heavy atom. The predicted octanol–water partition coefficient (Wildman–Crippen LogP) is 2.68. The molecule has 9 nitrogen and oxygen atoms in total. The Morgan fingerprint density at radius 1 is 0.743 bits per heavy atom. The molecule has 0 aliphatic carbocycles. The van der Waals surface area contributed by atoms with Crippen molar-refractivity contribution in [2.75, 3.05) is 44.2 Å². The van der Waals surface area contributed by atoms with Crippen molar-refractivity contribution in [1.29, 1.82) is 0 Å². The molecule has 5 rings (SSSR count). The van der Waals surface area contributed by atoms with E-state index in [1.165, 1.54) is 0 Å². The van der Waals surface area contributed by atoms with Crippen LogP contribution in [0.15, 0.2) is 65.8 Å². The van der Waals surface area contributed by atoms with Crippen molar-refractivity contribution in [3.05, 3.63) is 66.5 Å². The van der Waals surface area contributed by atoms with Crippen LogP contribution in [0.5, 0.6) is 0 Å². The number of carbonyl (C=O) groups is 1. The molecule has 0 unspecified atom stereocenters. The largest absolute Gasteiger partial charge is 0.352 e. The minimum Gasteiger partial charge on any atom is -0.352 e. The maximum absolute atomic E-state index is 13.0. The third-order valence-corrected chi connectivity index (χ3v) is 8.48. The summed E-state index contributed by atoms with van der Waals surface area (Å²) >= 11 is 0. The summed E-state index contributed by atoms with van der Waals surface area (Å²) in [5, 5.41) is 8.70. The van der Waals surface area contributed by atoms with Gasteiger partial charge in [-0.2, -0.15) is 4.31 Å². The molecule has 2 aromatic heterocycles. The van der Waals surface area contributed by atoms with E-state index in [1.54, 1.807) is 45.9 Å². The zero-order valence-corrected chi connectivity index (χ0v) is 20.3. The predicted molar refractivity (Wildman–Crippen MR) is 132 cm³/mol. The zero-order chi connectivity index (χ0) is 24.3. The molecule has 10 heteroatoms. The molecule has 0 radical (unpaired) electrons. The Morgan fingerprint density at radius 3 is 2.06 bits per heavy atom. The number of piperazine rings is 1. The molecule has 0 bridgehead atoms. The monoisotopic (exact) mass is 492 g/mol. The van der Waals surface area contributed by atoms with Gasteiger partial charge in [-0.15, -0.1) is 10.2 Å². The molecule has 0 saturated carbocycles. The van der Waals surface area contributed by atoms with Gasteiger partial charge in [0.1, 0.15) is 0 Å². The highest BCUT2D eigenvalue weighted by atomic mass is 32.2. The average Bonchev–Trinajstić information content (AvgIpc) is 2.94. The summed E-state index contributed by atoms with van der Waals surface area (Å²) in [6, 6.07) is 14.0. The van der Waals surface area contributed by atoms with Crippen LogP contribution in [0.1, 0.15) is 29.6 Å². The number of hydrogen-bond acceptors (Lipinski definition) is 7. The summed E-state index contributed by atoms with van der Waals surface area (Å²) in [4.78, 5) is 21.2. The summed E-state index contributed by atoms with van der Waals surface area (Å²) in [5.41, 5.74) is 2.25. The first-order valence-electron chi connectivity index (χ1n) is 11.9. The second-order valence-corrected chi connectivity index (χ2v) is 10.7. The van der Waals surface area contributed by atoms with Crippen molar-refractivity contribution in [2.45, 2.75) is 24.2 Å². The van der Waals surface area contributed by atoms with Gasteiger partial charge in [-0.25, -0.2) is 8.42 Å². The molecule has 0 N–H and O–H groups in total. The fraction of sp³-hybridized carbons (Fsp3) is 0.360. The van der Waals surface area contributed by atoms with Crippen molar-refractivity contribution in [3.8, 4) is 11.3 Å². The SMILES string of the molecule is O=C(c1ccc(S(=O)(=O)N2CCCCC2)cc1)N1CCN(c2ccc(-c3ccncc3)nn2)CC1. The Balaban J connectivity index is 1.19. The van der Waals surface area contributed by atoms with E-state index in [1.807, 2.05) is 24.3 Å². The van der Waals surface area contributed by atoms with Crippen molar-refractivity contribution in [1.82, 2.24) is 24.4 Å². The lowest BCUT2D eigenvalue weighted by Gasteiger charge is -2.35. The lowest BCUT2D eigenvalue weighted by atomic mass is 10.1. The van der Waals surface area contributed by atoms with Crippen LogP contribution in [0, 0.1) is 0 Å². The maximum Gasteiger partial charge on any atom is 0.253 e. The topological polar surface area (TPSA) is 99.6 Å². The number of carbonyl (C=O) groups excluding carboxylic acids is 1. The van der Waals surface area contributed by atoms with E-state index in [2.05, 4.69) is 20.1 Å². The van der Waals surface area contributed by atoms with Crippen molar-refractivity contribution in [3.63, 3.8) is 0 Å². The molecule has 2 fully saturated rings. The molecule has 3 aromatic rings. The minimum absolute atomic E-state index is 0.0920. The van der Waals surface area contributed by atoms with E-state index < -0.39 is 10.0 Å². The van der Waals surface area contributed by atoms with Gasteiger partial charge in [-0.3, -0.25) is 9.78 Å². The van der Waals surface area contributed by atoms with E-state index in [0.717, 1.165) is 36.3 Å².